The van der Waals surface area contributed by atoms with Gasteiger partial charge in [-0.3, -0.25) is 4.79 Å². The van der Waals surface area contributed by atoms with Crippen molar-refractivity contribution in [3.63, 3.8) is 0 Å². The number of alkyl halides is 2. The minimum Gasteiger partial charge on any atom is -0.452 e. The summed E-state index contributed by atoms with van der Waals surface area (Å²) in [7, 11) is 0. The highest BCUT2D eigenvalue weighted by Gasteiger charge is 2.17. The summed E-state index contributed by atoms with van der Waals surface area (Å²) in [6.07, 6.45) is 0.146. The van der Waals surface area contributed by atoms with Crippen molar-refractivity contribution in [2.45, 2.75) is 17.1 Å². The standard InChI is InChI=1S/C13H12F2N2O3S/c14-13(15)21-10-5-2-1-4-9(10)12(19)20-8-11(18)17-7-3-6-16/h1-2,4-5,13H,3,7-8H2,(H,17,18). The maximum Gasteiger partial charge on any atom is 0.339 e. The van der Waals surface area contributed by atoms with Crippen LogP contribution in [0.5, 0.6) is 0 Å². The summed E-state index contributed by atoms with van der Waals surface area (Å²) >= 11 is 0.234. The third-order valence-electron chi connectivity index (χ3n) is 2.22. The van der Waals surface area contributed by atoms with Crippen LogP contribution in [0.2, 0.25) is 0 Å². The first-order valence-electron chi connectivity index (χ1n) is 5.89. The molecule has 1 rings (SSSR count). The topological polar surface area (TPSA) is 79.2 Å². The maximum atomic E-state index is 12.4. The molecule has 0 atom stereocenters. The van der Waals surface area contributed by atoms with Gasteiger partial charge in [0.05, 0.1) is 18.1 Å². The number of hydrogen-bond donors (Lipinski definition) is 1. The van der Waals surface area contributed by atoms with Crippen LogP contribution in [0.15, 0.2) is 29.2 Å². The summed E-state index contributed by atoms with van der Waals surface area (Å²) in [5.41, 5.74) is -0.0207. The van der Waals surface area contributed by atoms with E-state index in [1.807, 2.05) is 6.07 Å². The zero-order valence-electron chi connectivity index (χ0n) is 10.8. The van der Waals surface area contributed by atoms with Crippen molar-refractivity contribution in [3.8, 4) is 6.07 Å². The molecule has 1 amide bonds. The van der Waals surface area contributed by atoms with Crippen molar-refractivity contribution in [3.05, 3.63) is 29.8 Å². The van der Waals surface area contributed by atoms with Crippen LogP contribution in [0.25, 0.3) is 0 Å². The molecule has 1 N–H and O–H groups in total. The lowest BCUT2D eigenvalue weighted by Gasteiger charge is -2.08. The summed E-state index contributed by atoms with van der Waals surface area (Å²) in [5, 5.41) is 10.7. The normalized spacial score (nSPS) is 10.0. The number of ether oxygens (including phenoxy) is 1. The minimum atomic E-state index is -2.66. The molecule has 0 aliphatic carbocycles. The van der Waals surface area contributed by atoms with Crippen molar-refractivity contribution in [1.29, 1.82) is 5.26 Å². The van der Waals surface area contributed by atoms with Gasteiger partial charge in [0, 0.05) is 11.4 Å². The number of benzene rings is 1. The molecule has 0 spiro atoms. The molecule has 0 heterocycles. The van der Waals surface area contributed by atoms with E-state index in [-0.39, 0.29) is 35.2 Å². The van der Waals surface area contributed by atoms with Gasteiger partial charge in [-0.1, -0.05) is 23.9 Å². The first kappa shape index (κ1) is 16.9. The van der Waals surface area contributed by atoms with Crippen molar-refractivity contribution < 1.29 is 23.1 Å². The second-order valence-electron chi connectivity index (χ2n) is 3.71. The van der Waals surface area contributed by atoms with Gasteiger partial charge in [0.25, 0.3) is 11.7 Å². The van der Waals surface area contributed by atoms with E-state index in [0.29, 0.717) is 0 Å². The molecule has 0 aliphatic rings. The van der Waals surface area contributed by atoms with Gasteiger partial charge in [0.1, 0.15) is 0 Å². The summed E-state index contributed by atoms with van der Waals surface area (Å²) in [5.74, 6) is -4.07. The number of rotatable bonds is 7. The smallest absolute Gasteiger partial charge is 0.339 e. The first-order chi connectivity index (χ1) is 10.0. The summed E-state index contributed by atoms with van der Waals surface area (Å²) < 4.78 is 29.5. The predicted molar refractivity (Wildman–Crippen MR) is 71.8 cm³/mol. The van der Waals surface area contributed by atoms with Crippen LogP contribution in [0, 0.1) is 11.3 Å². The van der Waals surface area contributed by atoms with Crippen LogP contribution in [-0.2, 0) is 9.53 Å². The molecule has 1 aromatic carbocycles. The Hall–Kier alpha value is -2.14. The fourth-order valence-corrected chi connectivity index (χ4v) is 1.98. The molecule has 5 nitrogen and oxygen atoms in total. The molecule has 0 aromatic heterocycles. The summed E-state index contributed by atoms with van der Waals surface area (Å²) in [6.45, 7) is -0.372. The largest absolute Gasteiger partial charge is 0.452 e. The SMILES string of the molecule is N#CCCNC(=O)COC(=O)c1ccccc1SC(F)F. The van der Waals surface area contributed by atoms with E-state index in [0.717, 1.165) is 0 Å². The predicted octanol–water partition coefficient (Wildman–Crippen LogP) is 2.19. The zero-order chi connectivity index (χ0) is 15.7. The molecular formula is C13H12F2N2O3S. The zero-order valence-corrected chi connectivity index (χ0v) is 11.7. The van der Waals surface area contributed by atoms with Gasteiger partial charge in [-0.25, -0.2) is 4.79 Å². The number of nitrogens with zero attached hydrogens (tertiary/aromatic N) is 1. The molecule has 0 unspecified atom stereocenters. The van der Waals surface area contributed by atoms with E-state index < -0.39 is 24.2 Å². The van der Waals surface area contributed by atoms with Crippen molar-refractivity contribution >= 4 is 23.6 Å². The molecule has 0 radical (unpaired) electrons. The minimum absolute atomic E-state index is 0.0207. The number of nitriles is 1. The second kappa shape index (κ2) is 8.92. The molecule has 0 saturated heterocycles. The highest BCUT2D eigenvalue weighted by molar-refractivity contribution is 7.99. The second-order valence-corrected chi connectivity index (χ2v) is 4.74. The van der Waals surface area contributed by atoms with Gasteiger partial charge in [-0.05, 0) is 12.1 Å². The third-order valence-corrected chi connectivity index (χ3v) is 3.00. The van der Waals surface area contributed by atoms with E-state index >= 15 is 0 Å². The number of carbonyl (C=O) groups excluding carboxylic acids is 2. The molecule has 0 bridgehead atoms. The molecule has 0 saturated carbocycles. The number of hydrogen-bond acceptors (Lipinski definition) is 5. The molecule has 8 heteroatoms. The van der Waals surface area contributed by atoms with Crippen LogP contribution < -0.4 is 5.32 Å². The van der Waals surface area contributed by atoms with E-state index in [1.54, 1.807) is 0 Å². The van der Waals surface area contributed by atoms with Crippen LogP contribution in [0.3, 0.4) is 0 Å². The van der Waals surface area contributed by atoms with Crippen LogP contribution in [0.4, 0.5) is 8.78 Å². The number of thioether (sulfide) groups is 1. The highest BCUT2D eigenvalue weighted by Crippen LogP contribution is 2.28. The Labute approximate surface area is 124 Å². The van der Waals surface area contributed by atoms with Crippen molar-refractivity contribution in [1.82, 2.24) is 5.32 Å². The van der Waals surface area contributed by atoms with Crippen molar-refractivity contribution in [2.24, 2.45) is 0 Å². The number of carbonyl (C=O) groups is 2. The van der Waals surface area contributed by atoms with Gasteiger partial charge in [0.15, 0.2) is 6.61 Å². The average molecular weight is 314 g/mol. The Bertz CT molecular complexity index is 546. The van der Waals surface area contributed by atoms with Gasteiger partial charge >= 0.3 is 5.97 Å². The lowest BCUT2D eigenvalue weighted by atomic mass is 10.2. The van der Waals surface area contributed by atoms with Crippen LogP contribution in [0.1, 0.15) is 16.8 Å². The van der Waals surface area contributed by atoms with E-state index in [4.69, 9.17) is 10.00 Å². The molecule has 1 aromatic rings. The average Bonchev–Trinajstić information content (AvgIpc) is 2.45. The Morgan fingerprint density at radius 1 is 1.38 bits per heavy atom. The Morgan fingerprint density at radius 2 is 2.10 bits per heavy atom. The fraction of sp³-hybridized carbons (Fsp3) is 0.308. The first-order valence-corrected chi connectivity index (χ1v) is 6.77. The maximum absolute atomic E-state index is 12.4. The summed E-state index contributed by atoms with van der Waals surface area (Å²) in [4.78, 5) is 23.1. The van der Waals surface area contributed by atoms with Gasteiger partial charge in [-0.2, -0.15) is 14.0 Å². The van der Waals surface area contributed by atoms with E-state index in [1.165, 1.54) is 24.3 Å². The molecule has 0 aliphatic heterocycles. The number of amides is 1. The van der Waals surface area contributed by atoms with E-state index in [2.05, 4.69) is 5.32 Å². The Balaban J connectivity index is 2.56. The third kappa shape index (κ3) is 6.23. The lowest BCUT2D eigenvalue weighted by molar-refractivity contribution is -0.124. The number of esters is 1. The molecule has 21 heavy (non-hydrogen) atoms. The number of nitrogens with one attached hydrogen (secondary N) is 1. The van der Waals surface area contributed by atoms with Gasteiger partial charge in [0.2, 0.25) is 0 Å². The van der Waals surface area contributed by atoms with E-state index in [9.17, 15) is 18.4 Å². The van der Waals surface area contributed by atoms with Gasteiger partial charge in [-0.15, -0.1) is 0 Å². The Morgan fingerprint density at radius 3 is 2.76 bits per heavy atom. The van der Waals surface area contributed by atoms with Crippen LogP contribution in [-0.4, -0.2) is 30.8 Å². The van der Waals surface area contributed by atoms with Crippen LogP contribution >= 0.6 is 11.8 Å². The molecule has 0 fully saturated rings. The fourth-order valence-electron chi connectivity index (χ4n) is 1.35. The summed E-state index contributed by atoms with van der Waals surface area (Å²) in [6, 6.07) is 7.60. The highest BCUT2D eigenvalue weighted by atomic mass is 32.2. The number of halogens is 2. The van der Waals surface area contributed by atoms with Crippen molar-refractivity contribution in [2.75, 3.05) is 13.2 Å². The Kier molecular flexibility index (Phi) is 7.18. The van der Waals surface area contributed by atoms with Gasteiger partial charge < -0.3 is 10.1 Å². The lowest BCUT2D eigenvalue weighted by Crippen LogP contribution is -2.29. The monoisotopic (exact) mass is 314 g/mol. The quantitative estimate of drug-likeness (QED) is 0.474. The molecule has 112 valence electrons. The molecular weight excluding hydrogens is 302 g/mol.